The fraction of sp³-hybridized carbons (Fsp3) is 0.100. The van der Waals surface area contributed by atoms with Gasteiger partial charge in [-0.15, -0.1) is 0 Å². The zero-order chi connectivity index (χ0) is 17.6. The number of nitrogens with zero attached hydrogens (tertiary/aromatic N) is 2. The van der Waals surface area contributed by atoms with Gasteiger partial charge in [-0.2, -0.15) is 0 Å². The highest BCUT2D eigenvalue weighted by Gasteiger charge is 2.30. The van der Waals surface area contributed by atoms with Crippen molar-refractivity contribution in [3.8, 4) is 5.75 Å². The van der Waals surface area contributed by atoms with Crippen LogP contribution >= 0.6 is 11.8 Å². The van der Waals surface area contributed by atoms with Gasteiger partial charge in [0.2, 0.25) is 0 Å². The highest BCUT2D eigenvalue weighted by Crippen LogP contribution is 2.34. The molecule has 0 atom stereocenters. The maximum atomic E-state index is 12.5. The van der Waals surface area contributed by atoms with E-state index in [0.717, 1.165) is 17.0 Å². The van der Waals surface area contributed by atoms with Gasteiger partial charge < -0.3 is 4.74 Å². The first-order chi connectivity index (χ1) is 12.2. The van der Waals surface area contributed by atoms with Gasteiger partial charge in [0, 0.05) is 12.6 Å². The average molecular weight is 350 g/mol. The summed E-state index contributed by atoms with van der Waals surface area (Å²) in [4.78, 5) is 19.3. The van der Waals surface area contributed by atoms with Gasteiger partial charge in [-0.05, 0) is 36.0 Å². The van der Waals surface area contributed by atoms with Gasteiger partial charge in [-0.3, -0.25) is 9.69 Å². The summed E-state index contributed by atoms with van der Waals surface area (Å²) in [6.07, 6.45) is 3.53. The number of thioether (sulfide) groups is 1. The topological polar surface area (TPSA) is 41.9 Å². The van der Waals surface area contributed by atoms with Crippen LogP contribution in [0.1, 0.15) is 5.56 Å². The molecule has 0 aliphatic carbocycles. The highest BCUT2D eigenvalue weighted by atomic mass is 32.2. The first kappa shape index (κ1) is 17.0. The standard InChI is InChI=1S/C20H18N2O2S/c1-3-13-24-17-12-8-7-9-15(17)14-18-19(23)22(2)20(25-18)21-16-10-5-4-6-11-16/h3-12,14H,1,13H2,2H3. The van der Waals surface area contributed by atoms with Crippen LogP contribution in [-0.2, 0) is 4.79 Å². The van der Waals surface area contributed by atoms with Crippen LogP contribution in [0, 0.1) is 0 Å². The zero-order valence-electron chi connectivity index (χ0n) is 13.9. The van der Waals surface area contributed by atoms with E-state index in [1.807, 2.05) is 60.7 Å². The molecular formula is C20H18N2O2S. The lowest BCUT2D eigenvalue weighted by Crippen LogP contribution is -2.23. The van der Waals surface area contributed by atoms with Gasteiger partial charge in [0.1, 0.15) is 12.4 Å². The monoisotopic (exact) mass is 350 g/mol. The van der Waals surface area contributed by atoms with Gasteiger partial charge in [0.25, 0.3) is 5.91 Å². The molecule has 2 aromatic rings. The van der Waals surface area contributed by atoms with E-state index in [1.54, 1.807) is 18.0 Å². The molecule has 0 radical (unpaired) electrons. The average Bonchev–Trinajstić information content (AvgIpc) is 2.90. The van der Waals surface area contributed by atoms with E-state index < -0.39 is 0 Å². The number of rotatable bonds is 5. The van der Waals surface area contributed by atoms with Gasteiger partial charge in [0.05, 0.1) is 10.6 Å². The predicted octanol–water partition coefficient (Wildman–Crippen LogP) is 4.49. The second-order valence-electron chi connectivity index (χ2n) is 5.34. The number of amidine groups is 1. The Morgan fingerprint density at radius 2 is 1.88 bits per heavy atom. The van der Waals surface area contributed by atoms with Crippen LogP contribution in [0.25, 0.3) is 6.08 Å². The number of para-hydroxylation sites is 2. The number of aliphatic imine (C=N–C) groups is 1. The Hall–Kier alpha value is -2.79. The number of hydrogen-bond donors (Lipinski definition) is 0. The zero-order valence-corrected chi connectivity index (χ0v) is 14.7. The number of ether oxygens (including phenoxy) is 1. The van der Waals surface area contributed by atoms with Crippen LogP contribution in [0.15, 0.2) is 77.1 Å². The van der Waals surface area contributed by atoms with Crippen molar-refractivity contribution in [2.75, 3.05) is 13.7 Å². The van der Waals surface area contributed by atoms with E-state index in [1.165, 1.54) is 11.8 Å². The normalized spacial score (nSPS) is 17.3. The van der Waals surface area contributed by atoms with E-state index in [4.69, 9.17) is 4.74 Å². The number of hydrogen-bond acceptors (Lipinski definition) is 4. The van der Waals surface area contributed by atoms with Crippen LogP contribution in [0.3, 0.4) is 0 Å². The minimum atomic E-state index is -0.0711. The molecule has 3 rings (SSSR count). The number of carbonyl (C=O) groups is 1. The first-order valence-corrected chi connectivity index (χ1v) is 8.65. The van der Waals surface area contributed by atoms with Gasteiger partial charge >= 0.3 is 0 Å². The summed E-state index contributed by atoms with van der Waals surface area (Å²) in [5.74, 6) is 0.651. The molecule has 1 aliphatic heterocycles. The maximum absolute atomic E-state index is 12.5. The molecule has 0 aromatic heterocycles. The minimum absolute atomic E-state index is 0.0711. The van der Waals surface area contributed by atoms with Crippen LogP contribution in [-0.4, -0.2) is 29.6 Å². The number of likely N-dealkylation sites (N-methyl/N-ethyl adjacent to an activating group) is 1. The van der Waals surface area contributed by atoms with E-state index >= 15 is 0 Å². The van der Waals surface area contributed by atoms with Crippen molar-refractivity contribution >= 4 is 34.6 Å². The lowest BCUT2D eigenvalue weighted by atomic mass is 10.2. The Kier molecular flexibility index (Phi) is 5.36. The molecule has 0 unspecified atom stereocenters. The van der Waals surface area contributed by atoms with E-state index in [2.05, 4.69) is 11.6 Å². The Morgan fingerprint density at radius 1 is 1.16 bits per heavy atom. The highest BCUT2D eigenvalue weighted by molar-refractivity contribution is 8.18. The molecule has 0 bridgehead atoms. The predicted molar refractivity (Wildman–Crippen MR) is 104 cm³/mol. The largest absolute Gasteiger partial charge is 0.489 e. The van der Waals surface area contributed by atoms with Crippen molar-refractivity contribution in [3.63, 3.8) is 0 Å². The molecular weight excluding hydrogens is 332 g/mol. The summed E-state index contributed by atoms with van der Waals surface area (Å²) in [5.41, 5.74) is 1.68. The molecule has 2 aromatic carbocycles. The summed E-state index contributed by atoms with van der Waals surface area (Å²) in [6, 6.07) is 17.2. The molecule has 1 saturated heterocycles. The molecule has 126 valence electrons. The maximum Gasteiger partial charge on any atom is 0.266 e. The number of benzene rings is 2. The van der Waals surface area contributed by atoms with Crippen LogP contribution in [0.2, 0.25) is 0 Å². The molecule has 0 spiro atoms. The molecule has 1 fully saturated rings. The van der Waals surface area contributed by atoms with Crippen molar-refractivity contribution in [3.05, 3.63) is 77.7 Å². The quantitative estimate of drug-likeness (QED) is 0.589. The van der Waals surface area contributed by atoms with E-state index in [9.17, 15) is 4.79 Å². The molecule has 0 N–H and O–H groups in total. The van der Waals surface area contributed by atoms with Gasteiger partial charge in [-0.1, -0.05) is 49.1 Å². The van der Waals surface area contributed by atoms with Crippen molar-refractivity contribution in [1.82, 2.24) is 4.90 Å². The molecule has 1 aliphatic rings. The lowest BCUT2D eigenvalue weighted by Gasteiger charge is -2.07. The lowest BCUT2D eigenvalue weighted by molar-refractivity contribution is -0.121. The summed E-state index contributed by atoms with van der Waals surface area (Å²) in [5, 5.41) is 0.659. The second kappa shape index (κ2) is 7.85. The Balaban J connectivity index is 1.89. The van der Waals surface area contributed by atoms with Crippen molar-refractivity contribution in [1.29, 1.82) is 0 Å². The van der Waals surface area contributed by atoms with E-state index in [0.29, 0.717) is 16.7 Å². The number of carbonyl (C=O) groups excluding carboxylic acids is 1. The minimum Gasteiger partial charge on any atom is -0.489 e. The van der Waals surface area contributed by atoms with Crippen LogP contribution < -0.4 is 4.74 Å². The third kappa shape index (κ3) is 4.00. The summed E-state index contributed by atoms with van der Waals surface area (Å²) >= 11 is 1.36. The fourth-order valence-corrected chi connectivity index (χ4v) is 3.26. The van der Waals surface area contributed by atoms with Crippen molar-refractivity contribution < 1.29 is 9.53 Å². The van der Waals surface area contributed by atoms with Crippen LogP contribution in [0.5, 0.6) is 5.75 Å². The van der Waals surface area contributed by atoms with Gasteiger partial charge in [0.15, 0.2) is 5.17 Å². The SMILES string of the molecule is C=CCOc1ccccc1C=C1SC(=Nc2ccccc2)N(C)C1=O. The third-order valence-electron chi connectivity index (χ3n) is 3.55. The summed E-state index contributed by atoms with van der Waals surface area (Å²) in [7, 11) is 1.73. The molecule has 1 amide bonds. The smallest absolute Gasteiger partial charge is 0.266 e. The summed E-state index contributed by atoms with van der Waals surface area (Å²) < 4.78 is 5.65. The Bertz CT molecular complexity index is 844. The van der Waals surface area contributed by atoms with E-state index in [-0.39, 0.29) is 5.91 Å². The molecule has 5 heteroatoms. The molecule has 25 heavy (non-hydrogen) atoms. The van der Waals surface area contributed by atoms with Gasteiger partial charge in [-0.25, -0.2) is 4.99 Å². The molecule has 1 heterocycles. The van der Waals surface area contributed by atoms with Crippen LogP contribution in [0.4, 0.5) is 5.69 Å². The molecule has 0 saturated carbocycles. The fourth-order valence-electron chi connectivity index (χ4n) is 2.29. The third-order valence-corrected chi connectivity index (χ3v) is 4.61. The second-order valence-corrected chi connectivity index (χ2v) is 6.35. The molecule has 4 nitrogen and oxygen atoms in total. The Labute approximate surface area is 151 Å². The van der Waals surface area contributed by atoms with Crippen molar-refractivity contribution in [2.45, 2.75) is 0 Å². The number of amides is 1. The first-order valence-electron chi connectivity index (χ1n) is 7.83. The van der Waals surface area contributed by atoms with Crippen molar-refractivity contribution in [2.24, 2.45) is 4.99 Å². The summed E-state index contributed by atoms with van der Waals surface area (Å²) in [6.45, 7) is 4.08. The Morgan fingerprint density at radius 3 is 2.64 bits per heavy atom.